The fourth-order valence-electron chi connectivity index (χ4n) is 2.93. The third-order valence-corrected chi connectivity index (χ3v) is 4.17. The van der Waals surface area contributed by atoms with Gasteiger partial charge < -0.3 is 16.4 Å². The Morgan fingerprint density at radius 3 is 2.62 bits per heavy atom. The number of hydrogen-bond donors (Lipinski definition) is 3. The maximum Gasteiger partial charge on any atom is 0.312 e. The SMILES string of the molecule is NC(=O)NCc1ccc(C(=O)N[C@@H]2CCc3ccc(F)cc32)cc1. The molecular formula is C18H18FN3O2. The summed E-state index contributed by atoms with van der Waals surface area (Å²) in [6.07, 6.45) is 1.60. The van der Waals surface area contributed by atoms with Crippen molar-refractivity contribution in [1.82, 2.24) is 10.6 Å². The number of nitrogens with two attached hydrogens (primary N) is 1. The minimum Gasteiger partial charge on any atom is -0.352 e. The molecule has 0 fully saturated rings. The van der Waals surface area contributed by atoms with Crippen molar-refractivity contribution in [3.05, 3.63) is 70.5 Å². The molecule has 24 heavy (non-hydrogen) atoms. The van der Waals surface area contributed by atoms with E-state index in [-0.39, 0.29) is 17.8 Å². The van der Waals surface area contributed by atoms with Gasteiger partial charge >= 0.3 is 6.03 Å². The number of aryl methyl sites for hydroxylation is 1. The van der Waals surface area contributed by atoms with E-state index in [1.54, 1.807) is 30.3 Å². The molecule has 0 unspecified atom stereocenters. The van der Waals surface area contributed by atoms with Gasteiger partial charge in [-0.25, -0.2) is 9.18 Å². The first kappa shape index (κ1) is 16.0. The molecule has 0 bridgehead atoms. The van der Waals surface area contributed by atoms with E-state index in [9.17, 15) is 14.0 Å². The quantitative estimate of drug-likeness (QED) is 0.806. The van der Waals surface area contributed by atoms with Gasteiger partial charge in [0.25, 0.3) is 5.91 Å². The predicted molar refractivity (Wildman–Crippen MR) is 87.8 cm³/mol. The number of rotatable bonds is 4. The molecule has 124 valence electrons. The lowest BCUT2D eigenvalue weighted by molar-refractivity contribution is 0.0936. The molecule has 2 aromatic rings. The highest BCUT2D eigenvalue weighted by Gasteiger charge is 2.24. The van der Waals surface area contributed by atoms with Crippen LogP contribution in [-0.2, 0) is 13.0 Å². The van der Waals surface area contributed by atoms with E-state index >= 15 is 0 Å². The highest BCUT2D eigenvalue weighted by atomic mass is 19.1. The van der Waals surface area contributed by atoms with Gasteiger partial charge in [0.05, 0.1) is 6.04 Å². The van der Waals surface area contributed by atoms with E-state index < -0.39 is 6.03 Å². The van der Waals surface area contributed by atoms with Crippen LogP contribution < -0.4 is 16.4 Å². The second kappa shape index (κ2) is 6.70. The second-order valence-corrected chi connectivity index (χ2v) is 5.82. The van der Waals surface area contributed by atoms with Crippen LogP contribution in [0.4, 0.5) is 9.18 Å². The van der Waals surface area contributed by atoms with Crippen molar-refractivity contribution in [2.75, 3.05) is 0 Å². The second-order valence-electron chi connectivity index (χ2n) is 5.82. The minimum absolute atomic E-state index is 0.167. The standard InChI is InChI=1S/C18H18FN3O2/c19-14-7-5-12-6-8-16(15(12)9-14)22-17(23)13-3-1-11(2-4-13)10-21-18(20)24/h1-5,7,9,16H,6,8,10H2,(H,22,23)(H3,20,21,24)/t16-/m1/s1. The highest BCUT2D eigenvalue weighted by Crippen LogP contribution is 2.31. The van der Waals surface area contributed by atoms with Crippen LogP contribution in [0.5, 0.6) is 0 Å². The zero-order valence-corrected chi connectivity index (χ0v) is 13.0. The van der Waals surface area contributed by atoms with E-state index in [0.29, 0.717) is 12.1 Å². The van der Waals surface area contributed by atoms with Gasteiger partial charge in [0, 0.05) is 12.1 Å². The molecule has 0 saturated heterocycles. The Labute approximate surface area is 139 Å². The average molecular weight is 327 g/mol. The fourth-order valence-corrected chi connectivity index (χ4v) is 2.93. The Bertz CT molecular complexity index is 774. The molecule has 0 radical (unpaired) electrons. The van der Waals surface area contributed by atoms with E-state index in [1.807, 2.05) is 0 Å². The summed E-state index contributed by atoms with van der Waals surface area (Å²) >= 11 is 0. The number of halogens is 1. The van der Waals surface area contributed by atoms with Crippen molar-refractivity contribution in [1.29, 1.82) is 0 Å². The molecule has 1 aliphatic rings. The Balaban J connectivity index is 1.66. The van der Waals surface area contributed by atoms with Crippen molar-refractivity contribution >= 4 is 11.9 Å². The normalized spacial score (nSPS) is 15.6. The van der Waals surface area contributed by atoms with Crippen LogP contribution in [-0.4, -0.2) is 11.9 Å². The summed E-state index contributed by atoms with van der Waals surface area (Å²) in [6, 6.07) is 10.8. The molecular weight excluding hydrogens is 309 g/mol. The Hall–Kier alpha value is -2.89. The van der Waals surface area contributed by atoms with Gasteiger partial charge in [-0.1, -0.05) is 18.2 Å². The number of carbonyl (C=O) groups excluding carboxylic acids is 2. The topological polar surface area (TPSA) is 84.2 Å². The Morgan fingerprint density at radius 1 is 1.17 bits per heavy atom. The zero-order chi connectivity index (χ0) is 17.1. The summed E-state index contributed by atoms with van der Waals surface area (Å²) in [5.74, 6) is -0.493. The molecule has 0 heterocycles. The molecule has 5 nitrogen and oxygen atoms in total. The number of fused-ring (bicyclic) bond motifs is 1. The average Bonchev–Trinajstić information content (AvgIpc) is 2.95. The molecule has 0 aromatic heterocycles. The van der Waals surface area contributed by atoms with Crippen LogP contribution in [0.2, 0.25) is 0 Å². The molecule has 0 saturated carbocycles. The maximum absolute atomic E-state index is 13.4. The van der Waals surface area contributed by atoms with Crippen molar-refractivity contribution in [2.24, 2.45) is 5.73 Å². The van der Waals surface area contributed by atoms with E-state index in [2.05, 4.69) is 10.6 Å². The van der Waals surface area contributed by atoms with Crippen LogP contribution in [0.3, 0.4) is 0 Å². The Morgan fingerprint density at radius 2 is 1.92 bits per heavy atom. The fraction of sp³-hybridized carbons (Fsp3) is 0.222. The number of hydrogen-bond acceptors (Lipinski definition) is 2. The van der Waals surface area contributed by atoms with Gasteiger partial charge in [-0.2, -0.15) is 0 Å². The molecule has 1 atom stereocenters. The molecule has 6 heteroatoms. The van der Waals surface area contributed by atoms with Gasteiger partial charge in [0.1, 0.15) is 5.82 Å². The third kappa shape index (κ3) is 3.53. The lowest BCUT2D eigenvalue weighted by Crippen LogP contribution is -2.29. The van der Waals surface area contributed by atoms with E-state index in [0.717, 1.165) is 29.5 Å². The van der Waals surface area contributed by atoms with Gasteiger partial charge in [-0.05, 0) is 53.8 Å². The molecule has 2 aromatic carbocycles. The largest absolute Gasteiger partial charge is 0.352 e. The lowest BCUT2D eigenvalue weighted by Gasteiger charge is -2.14. The van der Waals surface area contributed by atoms with Crippen LogP contribution in [0.1, 0.15) is 39.5 Å². The number of carbonyl (C=O) groups is 2. The van der Waals surface area contributed by atoms with Crippen molar-refractivity contribution < 1.29 is 14.0 Å². The molecule has 0 aliphatic heterocycles. The predicted octanol–water partition coefficient (Wildman–Crippen LogP) is 2.41. The van der Waals surface area contributed by atoms with Gasteiger partial charge in [0.2, 0.25) is 0 Å². The third-order valence-electron chi connectivity index (χ3n) is 4.17. The van der Waals surface area contributed by atoms with Crippen molar-refractivity contribution in [3.8, 4) is 0 Å². The first-order valence-electron chi connectivity index (χ1n) is 7.74. The number of urea groups is 1. The summed E-state index contributed by atoms with van der Waals surface area (Å²) < 4.78 is 13.4. The highest BCUT2D eigenvalue weighted by molar-refractivity contribution is 5.94. The first-order valence-corrected chi connectivity index (χ1v) is 7.74. The lowest BCUT2D eigenvalue weighted by atomic mass is 10.1. The molecule has 3 amide bonds. The summed E-state index contributed by atoms with van der Waals surface area (Å²) in [5.41, 5.74) is 8.31. The summed E-state index contributed by atoms with van der Waals surface area (Å²) in [4.78, 5) is 23.1. The van der Waals surface area contributed by atoms with Gasteiger partial charge in [-0.15, -0.1) is 0 Å². The first-order chi connectivity index (χ1) is 11.5. The van der Waals surface area contributed by atoms with Crippen LogP contribution in [0, 0.1) is 5.82 Å². The summed E-state index contributed by atoms with van der Waals surface area (Å²) in [6.45, 7) is 0.312. The van der Waals surface area contributed by atoms with Gasteiger partial charge in [-0.3, -0.25) is 4.79 Å². The molecule has 3 rings (SSSR count). The number of primary amides is 1. The van der Waals surface area contributed by atoms with E-state index in [4.69, 9.17) is 5.73 Å². The maximum atomic E-state index is 13.4. The van der Waals surface area contributed by atoms with E-state index in [1.165, 1.54) is 12.1 Å². The summed E-state index contributed by atoms with van der Waals surface area (Å²) in [5, 5.41) is 5.44. The number of benzene rings is 2. The summed E-state index contributed by atoms with van der Waals surface area (Å²) in [7, 11) is 0. The number of amides is 3. The van der Waals surface area contributed by atoms with Crippen LogP contribution in [0.25, 0.3) is 0 Å². The molecule has 0 spiro atoms. The monoisotopic (exact) mass is 327 g/mol. The number of nitrogens with one attached hydrogen (secondary N) is 2. The van der Waals surface area contributed by atoms with Crippen LogP contribution in [0.15, 0.2) is 42.5 Å². The molecule has 4 N–H and O–H groups in total. The van der Waals surface area contributed by atoms with Crippen molar-refractivity contribution in [3.63, 3.8) is 0 Å². The van der Waals surface area contributed by atoms with Crippen LogP contribution >= 0.6 is 0 Å². The zero-order valence-electron chi connectivity index (χ0n) is 13.0. The Kier molecular flexibility index (Phi) is 4.46. The molecule has 1 aliphatic carbocycles. The van der Waals surface area contributed by atoms with Crippen molar-refractivity contribution in [2.45, 2.75) is 25.4 Å². The van der Waals surface area contributed by atoms with Gasteiger partial charge in [0.15, 0.2) is 0 Å². The smallest absolute Gasteiger partial charge is 0.312 e. The minimum atomic E-state index is -0.594.